The molecule has 0 saturated heterocycles. The van der Waals surface area contributed by atoms with E-state index in [1.54, 1.807) is 17.6 Å². The molecule has 0 fully saturated rings. The average Bonchev–Trinajstić information content (AvgIpc) is 3.36. The molecular weight excluding hydrogens is 447 g/mol. The maximum absolute atomic E-state index is 5.56. The number of rotatable bonds is 3. The highest BCUT2D eigenvalue weighted by molar-refractivity contribution is 14.0. The maximum atomic E-state index is 5.56. The average molecular weight is 466 g/mol. The highest BCUT2D eigenvalue weighted by Gasteiger charge is 2.22. The van der Waals surface area contributed by atoms with Crippen LogP contribution in [0.3, 0.4) is 0 Å². The third kappa shape index (κ3) is 3.72. The molecule has 2 aromatic heterocycles. The number of benzene rings is 1. The van der Waals surface area contributed by atoms with Crippen LogP contribution in [0.1, 0.15) is 11.3 Å². The van der Waals surface area contributed by atoms with Crippen molar-refractivity contribution < 1.29 is 4.42 Å². The molecule has 7 heteroatoms. The van der Waals surface area contributed by atoms with Crippen molar-refractivity contribution in [2.75, 3.05) is 18.5 Å². The lowest BCUT2D eigenvalue weighted by Gasteiger charge is -2.21. The fraction of sp³-hybridized carbons (Fsp3) is 0.222. The maximum Gasteiger partial charge on any atom is 0.236 e. The highest BCUT2D eigenvalue weighted by atomic mass is 127. The molecule has 3 heterocycles. The van der Waals surface area contributed by atoms with E-state index < -0.39 is 0 Å². The van der Waals surface area contributed by atoms with E-state index in [2.05, 4.69) is 44.5 Å². The van der Waals surface area contributed by atoms with Gasteiger partial charge in [0.1, 0.15) is 6.26 Å². The van der Waals surface area contributed by atoms with Crippen LogP contribution >= 0.6 is 35.3 Å². The van der Waals surface area contributed by atoms with Crippen LogP contribution < -0.4 is 10.2 Å². The minimum atomic E-state index is 0. The predicted molar refractivity (Wildman–Crippen MR) is 113 cm³/mol. The predicted octanol–water partition coefficient (Wildman–Crippen LogP) is 4.16. The number of aliphatic imine (C=N–C) groups is 1. The van der Waals surface area contributed by atoms with Crippen LogP contribution in [0.5, 0.6) is 0 Å². The van der Waals surface area contributed by atoms with Gasteiger partial charge in [-0.3, -0.25) is 4.99 Å². The molecule has 1 N–H and O–H groups in total. The molecule has 1 aromatic carbocycles. The van der Waals surface area contributed by atoms with Gasteiger partial charge in [-0.25, -0.2) is 4.98 Å². The molecule has 5 nitrogen and oxygen atoms in total. The van der Waals surface area contributed by atoms with Crippen LogP contribution in [0.25, 0.3) is 10.8 Å². The molecule has 0 unspecified atom stereocenters. The fourth-order valence-electron chi connectivity index (χ4n) is 2.92. The minimum absolute atomic E-state index is 0. The van der Waals surface area contributed by atoms with E-state index in [0.29, 0.717) is 12.4 Å². The van der Waals surface area contributed by atoms with Crippen molar-refractivity contribution in [3.63, 3.8) is 0 Å². The van der Waals surface area contributed by atoms with Gasteiger partial charge in [-0.15, -0.1) is 35.3 Å². The first-order valence-electron chi connectivity index (χ1n) is 7.89. The molecule has 0 aliphatic carbocycles. The molecule has 3 aromatic rings. The number of oxazole rings is 1. The van der Waals surface area contributed by atoms with Crippen molar-refractivity contribution >= 4 is 47.0 Å². The molecule has 0 radical (unpaired) electrons. The van der Waals surface area contributed by atoms with Gasteiger partial charge in [0.05, 0.1) is 17.1 Å². The molecule has 0 atom stereocenters. The third-order valence-electron chi connectivity index (χ3n) is 4.07. The summed E-state index contributed by atoms with van der Waals surface area (Å²) in [5.74, 6) is 1.53. The van der Waals surface area contributed by atoms with Crippen molar-refractivity contribution in [3.8, 4) is 10.8 Å². The molecular formula is C18H19IN4OS. The summed E-state index contributed by atoms with van der Waals surface area (Å²) in [6, 6.07) is 12.5. The second-order valence-electron chi connectivity index (χ2n) is 5.55. The van der Waals surface area contributed by atoms with Crippen molar-refractivity contribution in [3.05, 3.63) is 59.3 Å². The molecule has 0 bridgehead atoms. The zero-order valence-corrected chi connectivity index (χ0v) is 17.0. The summed E-state index contributed by atoms with van der Waals surface area (Å²) < 4.78 is 5.56. The molecule has 0 saturated carbocycles. The van der Waals surface area contributed by atoms with Gasteiger partial charge in [0, 0.05) is 19.3 Å². The van der Waals surface area contributed by atoms with Gasteiger partial charge >= 0.3 is 0 Å². The summed E-state index contributed by atoms with van der Waals surface area (Å²) in [4.78, 5) is 12.2. The van der Waals surface area contributed by atoms with Crippen LogP contribution in [0.15, 0.2) is 57.5 Å². The number of para-hydroxylation sites is 1. The summed E-state index contributed by atoms with van der Waals surface area (Å²) in [5, 5.41) is 5.40. The van der Waals surface area contributed by atoms with E-state index in [-0.39, 0.29) is 24.0 Å². The Kier molecular flexibility index (Phi) is 5.74. The highest BCUT2D eigenvalue weighted by Crippen LogP contribution is 2.27. The Balaban J connectivity index is 0.00000182. The number of fused-ring (bicyclic) bond motifs is 1. The third-order valence-corrected chi connectivity index (χ3v) is 4.92. The molecule has 130 valence electrons. The van der Waals surface area contributed by atoms with E-state index in [9.17, 15) is 0 Å². The van der Waals surface area contributed by atoms with Gasteiger partial charge in [-0.1, -0.05) is 24.3 Å². The van der Waals surface area contributed by atoms with Gasteiger partial charge < -0.3 is 14.6 Å². The zero-order chi connectivity index (χ0) is 16.4. The number of nitrogens with one attached hydrogen (secondary N) is 1. The number of halogens is 1. The Labute approximate surface area is 167 Å². The second-order valence-corrected chi connectivity index (χ2v) is 6.50. The Morgan fingerprint density at radius 2 is 2.20 bits per heavy atom. The van der Waals surface area contributed by atoms with Crippen molar-refractivity contribution in [2.24, 2.45) is 4.99 Å². The van der Waals surface area contributed by atoms with E-state index in [1.165, 1.54) is 11.3 Å². The van der Waals surface area contributed by atoms with Crippen molar-refractivity contribution in [1.29, 1.82) is 0 Å². The number of anilines is 1. The number of guanidine groups is 1. The Hall–Kier alpha value is -1.87. The van der Waals surface area contributed by atoms with Gasteiger partial charge in [0.15, 0.2) is 5.96 Å². The molecule has 1 aliphatic heterocycles. The zero-order valence-electron chi connectivity index (χ0n) is 13.8. The standard InChI is InChI=1S/C18H18N4OS.HI/c1-19-18(22-9-8-13-5-2-3-6-15(13)22)20-11-14-12-23-17(21-14)16-7-4-10-24-16;/h2-7,10,12H,8-9,11H2,1H3,(H,19,20);1H. The van der Waals surface area contributed by atoms with Gasteiger partial charge in [-0.05, 0) is 29.5 Å². The smallest absolute Gasteiger partial charge is 0.236 e. The van der Waals surface area contributed by atoms with E-state index in [1.807, 2.05) is 24.6 Å². The summed E-state index contributed by atoms with van der Waals surface area (Å²) in [7, 11) is 1.81. The topological polar surface area (TPSA) is 53.7 Å². The first-order chi connectivity index (χ1) is 11.8. The molecule has 4 rings (SSSR count). The Morgan fingerprint density at radius 3 is 3.00 bits per heavy atom. The van der Waals surface area contributed by atoms with Crippen LogP contribution in [-0.4, -0.2) is 24.5 Å². The monoisotopic (exact) mass is 466 g/mol. The van der Waals surface area contributed by atoms with Crippen LogP contribution in [-0.2, 0) is 13.0 Å². The first-order valence-corrected chi connectivity index (χ1v) is 8.77. The Morgan fingerprint density at radius 1 is 1.32 bits per heavy atom. The van der Waals surface area contributed by atoms with Gasteiger partial charge in [-0.2, -0.15) is 0 Å². The lowest BCUT2D eigenvalue weighted by Crippen LogP contribution is -2.40. The lowest BCUT2D eigenvalue weighted by atomic mass is 10.2. The molecule has 25 heavy (non-hydrogen) atoms. The quantitative estimate of drug-likeness (QED) is 0.358. The fourth-order valence-corrected chi connectivity index (χ4v) is 3.58. The number of hydrogen-bond donors (Lipinski definition) is 1. The number of aromatic nitrogens is 1. The molecule has 1 aliphatic rings. The first kappa shape index (κ1) is 17.9. The number of thiophene rings is 1. The van der Waals surface area contributed by atoms with E-state index in [4.69, 9.17) is 4.42 Å². The van der Waals surface area contributed by atoms with Crippen LogP contribution in [0.4, 0.5) is 5.69 Å². The van der Waals surface area contributed by atoms with Crippen LogP contribution in [0.2, 0.25) is 0 Å². The minimum Gasteiger partial charge on any atom is -0.443 e. The summed E-state index contributed by atoms with van der Waals surface area (Å²) in [6.45, 7) is 1.53. The molecule has 0 spiro atoms. The van der Waals surface area contributed by atoms with Gasteiger partial charge in [0.25, 0.3) is 0 Å². The molecule has 0 amide bonds. The number of hydrogen-bond acceptors (Lipinski definition) is 4. The van der Waals surface area contributed by atoms with E-state index in [0.717, 1.165) is 29.5 Å². The number of nitrogens with zero attached hydrogens (tertiary/aromatic N) is 3. The van der Waals surface area contributed by atoms with Crippen molar-refractivity contribution in [1.82, 2.24) is 10.3 Å². The largest absolute Gasteiger partial charge is 0.443 e. The SMILES string of the molecule is CN=C(NCc1coc(-c2cccs2)n1)N1CCc2ccccc21.I. The summed E-state index contributed by atoms with van der Waals surface area (Å²) in [6.07, 6.45) is 2.75. The summed E-state index contributed by atoms with van der Waals surface area (Å²) in [5.41, 5.74) is 3.46. The van der Waals surface area contributed by atoms with Crippen LogP contribution in [0, 0.1) is 0 Å². The van der Waals surface area contributed by atoms with Gasteiger partial charge in [0.2, 0.25) is 5.89 Å². The lowest BCUT2D eigenvalue weighted by molar-refractivity contribution is 0.573. The van der Waals surface area contributed by atoms with Crippen molar-refractivity contribution in [2.45, 2.75) is 13.0 Å². The summed E-state index contributed by atoms with van der Waals surface area (Å²) >= 11 is 1.62. The van der Waals surface area contributed by atoms with E-state index >= 15 is 0 Å². The second kappa shape index (κ2) is 8.01. The Bertz CT molecular complexity index is 860. The normalized spacial score (nSPS) is 13.5.